The molecule has 0 amide bonds. The summed E-state index contributed by atoms with van der Waals surface area (Å²) in [6, 6.07) is 57.9. The van der Waals surface area contributed by atoms with E-state index in [1.807, 2.05) is 30.3 Å². The van der Waals surface area contributed by atoms with E-state index in [1.54, 1.807) is 0 Å². The highest BCUT2D eigenvalue weighted by Gasteiger charge is 2.20. The Morgan fingerprint density at radius 3 is 1.72 bits per heavy atom. The number of hydrogen-bond donors (Lipinski definition) is 0. The van der Waals surface area contributed by atoms with Crippen LogP contribution in [0.4, 0.5) is 17.1 Å². The Morgan fingerprint density at radius 2 is 1.02 bits per heavy atom. The lowest BCUT2D eigenvalue weighted by atomic mass is 9.81. The smallest absolute Gasteiger partial charge is 0.227 e. The van der Waals surface area contributed by atoms with Crippen molar-refractivity contribution < 1.29 is 4.42 Å². The maximum absolute atomic E-state index is 6.34. The summed E-state index contributed by atoms with van der Waals surface area (Å²) in [4.78, 5) is 7.23. The molecule has 1 heterocycles. The molecule has 256 valence electrons. The third kappa shape index (κ3) is 5.86. The maximum Gasteiger partial charge on any atom is 0.227 e. The molecule has 0 radical (unpaired) electrons. The van der Waals surface area contributed by atoms with E-state index in [9.17, 15) is 0 Å². The van der Waals surface area contributed by atoms with Gasteiger partial charge in [0.15, 0.2) is 5.58 Å². The second-order valence-corrected chi connectivity index (χ2v) is 13.9. The van der Waals surface area contributed by atoms with Crippen LogP contribution in [0.1, 0.15) is 5.56 Å². The molecule has 0 bridgehead atoms. The summed E-state index contributed by atoms with van der Waals surface area (Å²) in [7, 11) is 0. The monoisotopic (exact) mass is 692 g/mol. The number of nitrogens with zero attached hydrogens (tertiary/aromatic N) is 2. The maximum atomic E-state index is 6.34. The quantitative estimate of drug-likeness (QED) is 0.166. The molecule has 54 heavy (non-hydrogen) atoms. The highest BCUT2D eigenvalue weighted by molar-refractivity contribution is 6.11. The van der Waals surface area contributed by atoms with E-state index >= 15 is 0 Å². The standard InChI is InChI=1S/C51H36N2O/c1-3-12-40(13-4-1)51-52-50-47-18-10-9-17-46(47)48(34-49(50)54-51)39-22-19-36(20-23-39)37-25-29-44(30-26-37)53(43-15-5-2-6-16-43)45-31-27-38(28-32-45)42-24-21-35-11-7-8-14-41(35)33-42/h1-35,41H. The predicted octanol–water partition coefficient (Wildman–Crippen LogP) is 13.8. The molecule has 8 aromatic rings. The minimum atomic E-state index is 0.419. The number of fused-ring (bicyclic) bond motifs is 4. The Bertz CT molecular complexity index is 2740. The Labute approximate surface area is 315 Å². The summed E-state index contributed by atoms with van der Waals surface area (Å²) in [6.45, 7) is 0. The van der Waals surface area contributed by atoms with Crippen LogP contribution < -0.4 is 4.90 Å². The molecule has 0 N–H and O–H groups in total. The van der Waals surface area contributed by atoms with Gasteiger partial charge >= 0.3 is 0 Å². The number of oxazole rings is 1. The minimum absolute atomic E-state index is 0.419. The van der Waals surface area contributed by atoms with E-state index in [4.69, 9.17) is 9.40 Å². The van der Waals surface area contributed by atoms with Crippen molar-refractivity contribution >= 4 is 44.5 Å². The van der Waals surface area contributed by atoms with Gasteiger partial charge in [-0.1, -0.05) is 152 Å². The van der Waals surface area contributed by atoms with Crippen LogP contribution >= 0.6 is 0 Å². The number of anilines is 3. The lowest BCUT2D eigenvalue weighted by molar-refractivity contribution is 0.620. The van der Waals surface area contributed by atoms with Crippen LogP contribution in [0.5, 0.6) is 0 Å². The third-order valence-electron chi connectivity index (χ3n) is 10.6. The van der Waals surface area contributed by atoms with E-state index in [-0.39, 0.29) is 0 Å². The largest absolute Gasteiger partial charge is 0.436 e. The van der Waals surface area contributed by atoms with Crippen molar-refractivity contribution in [2.24, 2.45) is 11.8 Å². The third-order valence-corrected chi connectivity index (χ3v) is 10.6. The lowest BCUT2D eigenvalue weighted by Crippen LogP contribution is -2.11. The Morgan fingerprint density at radius 1 is 0.463 bits per heavy atom. The van der Waals surface area contributed by atoms with Gasteiger partial charge in [-0.3, -0.25) is 0 Å². The van der Waals surface area contributed by atoms with Crippen molar-refractivity contribution in [1.29, 1.82) is 0 Å². The summed E-state index contributed by atoms with van der Waals surface area (Å²) in [5.74, 6) is 1.51. The molecule has 0 fully saturated rings. The molecular formula is C51H36N2O. The summed E-state index contributed by atoms with van der Waals surface area (Å²) in [5.41, 5.74) is 13.1. The molecule has 0 aliphatic heterocycles. The SMILES string of the molecule is C1=CC2C=CC(c3ccc(N(c4ccccc4)c4ccc(-c5ccc(-c6cc7oc(-c8ccccc8)nc7c7ccccc67)cc5)cc4)cc3)=CC2C=C1. The van der Waals surface area contributed by atoms with Crippen LogP contribution in [0.25, 0.3) is 61.2 Å². The Balaban J connectivity index is 0.942. The average Bonchev–Trinajstić information content (AvgIpc) is 3.70. The van der Waals surface area contributed by atoms with Gasteiger partial charge in [0.1, 0.15) is 5.52 Å². The summed E-state index contributed by atoms with van der Waals surface area (Å²) < 4.78 is 6.34. The average molecular weight is 693 g/mol. The first-order valence-corrected chi connectivity index (χ1v) is 18.5. The zero-order chi connectivity index (χ0) is 35.8. The second kappa shape index (κ2) is 13.5. The fraction of sp³-hybridized carbons (Fsp3) is 0.0392. The number of benzene rings is 7. The summed E-state index contributed by atoms with van der Waals surface area (Å²) >= 11 is 0. The van der Waals surface area contributed by atoms with Crippen molar-refractivity contribution in [3.05, 3.63) is 212 Å². The molecule has 2 aliphatic rings. The van der Waals surface area contributed by atoms with Gasteiger partial charge in [0, 0.05) is 39.8 Å². The minimum Gasteiger partial charge on any atom is -0.436 e. The van der Waals surface area contributed by atoms with Gasteiger partial charge in [-0.05, 0) is 93.4 Å². The first-order chi connectivity index (χ1) is 26.7. The van der Waals surface area contributed by atoms with Gasteiger partial charge < -0.3 is 9.32 Å². The molecule has 1 aromatic heterocycles. The first-order valence-electron chi connectivity index (χ1n) is 18.5. The van der Waals surface area contributed by atoms with E-state index < -0.39 is 0 Å². The lowest BCUT2D eigenvalue weighted by Gasteiger charge is -2.26. The van der Waals surface area contributed by atoms with E-state index in [0.29, 0.717) is 17.7 Å². The van der Waals surface area contributed by atoms with Crippen LogP contribution in [0.2, 0.25) is 0 Å². The summed E-state index contributed by atoms with van der Waals surface area (Å²) in [5, 5.41) is 2.24. The van der Waals surface area contributed by atoms with Gasteiger partial charge in [0.2, 0.25) is 5.89 Å². The molecule has 2 atom stereocenters. The molecule has 3 heteroatoms. The van der Waals surface area contributed by atoms with Gasteiger partial charge in [0.25, 0.3) is 0 Å². The van der Waals surface area contributed by atoms with Gasteiger partial charge in [0.05, 0.1) is 0 Å². The second-order valence-electron chi connectivity index (χ2n) is 13.9. The molecule has 0 saturated carbocycles. The molecule has 3 nitrogen and oxygen atoms in total. The highest BCUT2D eigenvalue weighted by atomic mass is 16.3. The molecular weight excluding hydrogens is 657 g/mol. The first kappa shape index (κ1) is 31.7. The zero-order valence-corrected chi connectivity index (χ0v) is 29.6. The Kier molecular flexibility index (Phi) is 7.96. The predicted molar refractivity (Wildman–Crippen MR) is 225 cm³/mol. The highest BCUT2D eigenvalue weighted by Crippen LogP contribution is 2.40. The van der Waals surface area contributed by atoms with Crippen molar-refractivity contribution in [2.75, 3.05) is 4.90 Å². The fourth-order valence-electron chi connectivity index (χ4n) is 7.84. The topological polar surface area (TPSA) is 29.3 Å². The fourth-order valence-corrected chi connectivity index (χ4v) is 7.84. The van der Waals surface area contributed by atoms with Crippen LogP contribution in [0.15, 0.2) is 211 Å². The number of rotatable bonds is 7. The van der Waals surface area contributed by atoms with E-state index in [2.05, 4.69) is 181 Å². The zero-order valence-electron chi connectivity index (χ0n) is 29.6. The summed E-state index contributed by atoms with van der Waals surface area (Å²) in [6.07, 6.45) is 15.8. The van der Waals surface area contributed by atoms with Gasteiger partial charge in [-0.15, -0.1) is 0 Å². The van der Waals surface area contributed by atoms with E-state index in [0.717, 1.165) is 66.8 Å². The van der Waals surface area contributed by atoms with Crippen LogP contribution in [0.3, 0.4) is 0 Å². The van der Waals surface area contributed by atoms with Gasteiger partial charge in [-0.25, -0.2) is 4.98 Å². The number of aromatic nitrogens is 1. The molecule has 2 aliphatic carbocycles. The van der Waals surface area contributed by atoms with Crippen LogP contribution in [0, 0.1) is 11.8 Å². The molecule has 0 spiro atoms. The van der Waals surface area contributed by atoms with Crippen LogP contribution in [-0.4, -0.2) is 4.98 Å². The van der Waals surface area contributed by atoms with Crippen molar-refractivity contribution in [3.8, 4) is 33.7 Å². The number of para-hydroxylation sites is 1. The van der Waals surface area contributed by atoms with Crippen molar-refractivity contribution in [2.45, 2.75) is 0 Å². The van der Waals surface area contributed by atoms with Crippen molar-refractivity contribution in [1.82, 2.24) is 4.98 Å². The molecule has 7 aromatic carbocycles. The normalized spacial score (nSPS) is 16.0. The Hall–Kier alpha value is -6.97. The van der Waals surface area contributed by atoms with Gasteiger partial charge in [-0.2, -0.15) is 0 Å². The van der Waals surface area contributed by atoms with E-state index in [1.165, 1.54) is 11.1 Å². The molecule has 0 saturated heterocycles. The molecule has 10 rings (SSSR count). The molecule has 2 unspecified atom stereocenters. The number of hydrogen-bond acceptors (Lipinski definition) is 3. The number of allylic oxidation sites excluding steroid dienone is 8. The van der Waals surface area contributed by atoms with Crippen LogP contribution in [-0.2, 0) is 0 Å². The van der Waals surface area contributed by atoms with Crippen molar-refractivity contribution in [3.63, 3.8) is 0 Å².